The summed E-state index contributed by atoms with van der Waals surface area (Å²) in [7, 11) is 1.86. The van der Waals surface area contributed by atoms with Gasteiger partial charge in [-0.15, -0.1) is 0 Å². The molecule has 1 fully saturated rings. The van der Waals surface area contributed by atoms with E-state index in [4.69, 9.17) is 16.7 Å². The molecule has 0 aromatic heterocycles. The van der Waals surface area contributed by atoms with Gasteiger partial charge < -0.3 is 10.2 Å². The summed E-state index contributed by atoms with van der Waals surface area (Å²) in [5, 5.41) is 19.6. The molecule has 3 unspecified atom stereocenters. The summed E-state index contributed by atoms with van der Waals surface area (Å²) in [6, 6.07) is 7.43. The van der Waals surface area contributed by atoms with Crippen LogP contribution in [0, 0.1) is 5.92 Å². The van der Waals surface area contributed by atoms with Crippen molar-refractivity contribution in [2.24, 2.45) is 5.92 Å². The van der Waals surface area contributed by atoms with Gasteiger partial charge in [-0.2, -0.15) is 0 Å². The molecule has 1 aromatic rings. The minimum atomic E-state index is -0.952. The SMILES string of the molecule is CN1CC(C(=O)O)C(O)CC1c1ccccc1Cl. The molecule has 0 spiro atoms. The van der Waals surface area contributed by atoms with Crippen LogP contribution in [-0.4, -0.2) is 40.8 Å². The molecule has 0 radical (unpaired) electrons. The van der Waals surface area contributed by atoms with Crippen LogP contribution in [0.4, 0.5) is 0 Å². The Morgan fingerprint density at radius 1 is 1.44 bits per heavy atom. The quantitative estimate of drug-likeness (QED) is 0.859. The summed E-state index contributed by atoms with van der Waals surface area (Å²) in [5.41, 5.74) is 0.935. The van der Waals surface area contributed by atoms with Crippen LogP contribution in [0.1, 0.15) is 18.0 Å². The highest BCUT2D eigenvalue weighted by molar-refractivity contribution is 6.31. The molecule has 1 aliphatic rings. The molecule has 4 nitrogen and oxygen atoms in total. The maximum absolute atomic E-state index is 11.0. The number of carboxylic acid groups (broad SMARTS) is 1. The molecule has 5 heteroatoms. The van der Waals surface area contributed by atoms with E-state index in [2.05, 4.69) is 0 Å². The standard InChI is InChI=1S/C13H16ClNO3/c1-15-7-9(13(17)18)12(16)6-11(15)8-4-2-3-5-10(8)14/h2-5,9,11-12,16H,6-7H2,1H3,(H,17,18). The Labute approximate surface area is 111 Å². The van der Waals surface area contributed by atoms with Crippen molar-refractivity contribution >= 4 is 17.6 Å². The topological polar surface area (TPSA) is 60.8 Å². The van der Waals surface area contributed by atoms with Crippen molar-refractivity contribution in [1.82, 2.24) is 4.90 Å². The van der Waals surface area contributed by atoms with Gasteiger partial charge in [-0.05, 0) is 25.1 Å². The molecule has 0 bridgehead atoms. The highest BCUT2D eigenvalue weighted by atomic mass is 35.5. The fraction of sp³-hybridized carbons (Fsp3) is 0.462. The van der Waals surface area contributed by atoms with Gasteiger partial charge >= 0.3 is 5.97 Å². The van der Waals surface area contributed by atoms with E-state index in [9.17, 15) is 9.90 Å². The maximum Gasteiger partial charge on any atom is 0.310 e. The van der Waals surface area contributed by atoms with Crippen LogP contribution in [0.5, 0.6) is 0 Å². The molecule has 2 rings (SSSR count). The number of piperidine rings is 1. The Kier molecular flexibility index (Phi) is 3.90. The molecule has 3 atom stereocenters. The molecule has 0 saturated carbocycles. The van der Waals surface area contributed by atoms with Gasteiger partial charge in [0.25, 0.3) is 0 Å². The summed E-state index contributed by atoms with van der Waals surface area (Å²) >= 11 is 6.14. The lowest BCUT2D eigenvalue weighted by Crippen LogP contribution is -2.46. The number of benzene rings is 1. The first kappa shape index (κ1) is 13.3. The molecule has 1 saturated heterocycles. The number of rotatable bonds is 2. The smallest absolute Gasteiger partial charge is 0.310 e. The highest BCUT2D eigenvalue weighted by Crippen LogP contribution is 2.35. The molecular formula is C13H16ClNO3. The van der Waals surface area contributed by atoms with E-state index in [1.165, 1.54) is 0 Å². The minimum absolute atomic E-state index is 0.0377. The van der Waals surface area contributed by atoms with Crippen molar-refractivity contribution in [3.05, 3.63) is 34.9 Å². The van der Waals surface area contributed by atoms with Gasteiger partial charge in [0, 0.05) is 17.6 Å². The molecule has 1 aliphatic heterocycles. The fourth-order valence-corrected chi connectivity index (χ4v) is 2.75. The molecule has 2 N–H and O–H groups in total. The molecular weight excluding hydrogens is 254 g/mol. The van der Waals surface area contributed by atoms with E-state index < -0.39 is 18.0 Å². The predicted molar refractivity (Wildman–Crippen MR) is 68.6 cm³/mol. The third kappa shape index (κ3) is 2.51. The normalized spacial score (nSPS) is 29.2. The maximum atomic E-state index is 11.0. The molecule has 0 aliphatic carbocycles. The number of aliphatic hydroxyl groups excluding tert-OH is 1. The van der Waals surface area contributed by atoms with Crippen LogP contribution in [0.2, 0.25) is 5.02 Å². The molecule has 1 aromatic carbocycles. The first-order valence-corrected chi connectivity index (χ1v) is 6.24. The zero-order chi connectivity index (χ0) is 13.3. The van der Waals surface area contributed by atoms with Gasteiger partial charge in [0.15, 0.2) is 0 Å². The Hall–Kier alpha value is -1.10. The second-order valence-corrected chi connectivity index (χ2v) is 5.13. The molecule has 18 heavy (non-hydrogen) atoms. The number of nitrogens with zero attached hydrogens (tertiary/aromatic N) is 1. The minimum Gasteiger partial charge on any atom is -0.481 e. The number of carboxylic acids is 1. The molecule has 1 heterocycles. The lowest BCUT2D eigenvalue weighted by Gasteiger charge is -2.39. The number of aliphatic hydroxyl groups is 1. The van der Waals surface area contributed by atoms with Gasteiger partial charge in [-0.25, -0.2) is 0 Å². The first-order valence-electron chi connectivity index (χ1n) is 5.86. The van der Waals surface area contributed by atoms with Crippen LogP contribution >= 0.6 is 11.6 Å². The van der Waals surface area contributed by atoms with Crippen LogP contribution in [0.3, 0.4) is 0 Å². The van der Waals surface area contributed by atoms with Gasteiger partial charge in [0.05, 0.1) is 12.0 Å². The number of halogens is 1. The monoisotopic (exact) mass is 269 g/mol. The number of hydrogen-bond acceptors (Lipinski definition) is 3. The predicted octanol–water partition coefficient (Wildman–Crippen LogP) is 1.78. The lowest BCUT2D eigenvalue weighted by molar-refractivity contribution is -0.150. The number of aliphatic carboxylic acids is 1. The average Bonchev–Trinajstić information content (AvgIpc) is 2.32. The van der Waals surface area contributed by atoms with Crippen LogP contribution in [0.15, 0.2) is 24.3 Å². The Bertz CT molecular complexity index is 452. The van der Waals surface area contributed by atoms with E-state index in [-0.39, 0.29) is 6.04 Å². The summed E-state index contributed by atoms with van der Waals surface area (Å²) < 4.78 is 0. The van der Waals surface area contributed by atoms with Crippen LogP contribution < -0.4 is 0 Å². The second-order valence-electron chi connectivity index (χ2n) is 4.72. The van der Waals surface area contributed by atoms with Gasteiger partial charge in [-0.3, -0.25) is 9.69 Å². The van der Waals surface area contributed by atoms with Gasteiger partial charge in [-0.1, -0.05) is 29.8 Å². The van der Waals surface area contributed by atoms with Crippen molar-refractivity contribution < 1.29 is 15.0 Å². The Morgan fingerprint density at radius 2 is 2.11 bits per heavy atom. The van der Waals surface area contributed by atoms with E-state index in [1.54, 1.807) is 6.07 Å². The van der Waals surface area contributed by atoms with E-state index in [0.29, 0.717) is 18.0 Å². The lowest BCUT2D eigenvalue weighted by atomic mass is 9.87. The van der Waals surface area contributed by atoms with Crippen LogP contribution in [0.25, 0.3) is 0 Å². The van der Waals surface area contributed by atoms with Crippen LogP contribution in [-0.2, 0) is 4.79 Å². The number of hydrogen-bond donors (Lipinski definition) is 2. The molecule has 98 valence electrons. The van der Waals surface area contributed by atoms with E-state index >= 15 is 0 Å². The molecule has 0 amide bonds. The third-order valence-corrected chi connectivity index (χ3v) is 3.87. The summed E-state index contributed by atoms with van der Waals surface area (Å²) in [5.74, 6) is -1.68. The largest absolute Gasteiger partial charge is 0.481 e. The zero-order valence-corrected chi connectivity index (χ0v) is 10.8. The van der Waals surface area contributed by atoms with Gasteiger partial charge in [0.1, 0.15) is 0 Å². The van der Waals surface area contributed by atoms with E-state index in [0.717, 1.165) is 5.56 Å². The van der Waals surface area contributed by atoms with Crippen molar-refractivity contribution in [1.29, 1.82) is 0 Å². The second kappa shape index (κ2) is 5.26. The Morgan fingerprint density at radius 3 is 2.72 bits per heavy atom. The fourth-order valence-electron chi connectivity index (χ4n) is 2.48. The third-order valence-electron chi connectivity index (χ3n) is 3.53. The van der Waals surface area contributed by atoms with E-state index in [1.807, 2.05) is 30.1 Å². The number of likely N-dealkylation sites (tertiary alicyclic amines) is 1. The summed E-state index contributed by atoms with van der Waals surface area (Å²) in [6.45, 7) is 0.326. The van der Waals surface area contributed by atoms with Crippen molar-refractivity contribution in [2.45, 2.75) is 18.6 Å². The highest BCUT2D eigenvalue weighted by Gasteiger charge is 2.37. The van der Waals surface area contributed by atoms with Gasteiger partial charge in [0.2, 0.25) is 0 Å². The van der Waals surface area contributed by atoms with Crippen molar-refractivity contribution in [3.63, 3.8) is 0 Å². The van der Waals surface area contributed by atoms with Crippen molar-refractivity contribution in [3.8, 4) is 0 Å². The zero-order valence-electron chi connectivity index (χ0n) is 10.1. The number of carbonyl (C=O) groups is 1. The average molecular weight is 270 g/mol. The van der Waals surface area contributed by atoms with Crippen molar-refractivity contribution in [2.75, 3.05) is 13.6 Å². The summed E-state index contributed by atoms with van der Waals surface area (Å²) in [6.07, 6.45) is -0.447. The summed E-state index contributed by atoms with van der Waals surface area (Å²) in [4.78, 5) is 12.9. The first-order chi connectivity index (χ1) is 8.50. The Balaban J connectivity index is 2.22.